The van der Waals surface area contributed by atoms with Crippen molar-refractivity contribution in [3.63, 3.8) is 0 Å². The van der Waals surface area contributed by atoms with E-state index in [0.717, 1.165) is 50.5 Å². The number of para-hydroxylation sites is 1. The van der Waals surface area contributed by atoms with Gasteiger partial charge in [-0.3, -0.25) is 4.90 Å². The van der Waals surface area contributed by atoms with Crippen molar-refractivity contribution in [2.75, 3.05) is 20.3 Å². The highest BCUT2D eigenvalue weighted by Gasteiger charge is 2.21. The fraction of sp³-hybridized carbons (Fsp3) is 0.450. The molecule has 0 saturated carbocycles. The molecule has 0 N–H and O–H groups in total. The van der Waals surface area contributed by atoms with Crippen LogP contribution < -0.4 is 4.74 Å². The van der Waals surface area contributed by atoms with Crippen LogP contribution in [0.3, 0.4) is 0 Å². The molecule has 25 heavy (non-hydrogen) atoms. The Bertz CT molecular complexity index is 705. The molecule has 1 fully saturated rings. The topological polar surface area (TPSA) is 39.5 Å². The van der Waals surface area contributed by atoms with Gasteiger partial charge in [0.25, 0.3) is 0 Å². The van der Waals surface area contributed by atoms with Crippen LogP contribution in [0.4, 0.5) is 0 Å². The molecule has 5 nitrogen and oxygen atoms in total. The van der Waals surface area contributed by atoms with Crippen LogP contribution in [0.1, 0.15) is 29.7 Å². The zero-order valence-electron chi connectivity index (χ0n) is 15.1. The van der Waals surface area contributed by atoms with Crippen molar-refractivity contribution in [3.05, 3.63) is 53.9 Å². The molecule has 0 aliphatic carbocycles. The number of hydrogen-bond donors (Lipinski definition) is 0. The number of aryl methyl sites for hydroxylation is 1. The Hall–Kier alpha value is -2.11. The van der Waals surface area contributed by atoms with E-state index in [2.05, 4.69) is 28.7 Å². The lowest BCUT2D eigenvalue weighted by Crippen LogP contribution is -2.31. The van der Waals surface area contributed by atoms with Gasteiger partial charge in [-0.1, -0.05) is 24.8 Å². The van der Waals surface area contributed by atoms with Crippen LogP contribution in [-0.4, -0.2) is 41.0 Å². The maximum absolute atomic E-state index is 5.86. The molecule has 0 unspecified atom stereocenters. The highest BCUT2D eigenvalue weighted by atomic mass is 16.5. The minimum Gasteiger partial charge on any atom is -0.496 e. The molecule has 134 valence electrons. The van der Waals surface area contributed by atoms with E-state index in [1.54, 1.807) is 18.0 Å². The van der Waals surface area contributed by atoms with Crippen LogP contribution in [0.25, 0.3) is 6.20 Å². The van der Waals surface area contributed by atoms with Gasteiger partial charge in [0.15, 0.2) is 0 Å². The molecular weight excluding hydrogens is 314 g/mol. The largest absolute Gasteiger partial charge is 0.496 e. The average molecular weight is 341 g/mol. The van der Waals surface area contributed by atoms with Crippen LogP contribution in [0, 0.1) is 6.92 Å². The number of methoxy groups -OCH3 is 1. The van der Waals surface area contributed by atoms with Gasteiger partial charge in [-0.2, -0.15) is 5.10 Å². The van der Waals surface area contributed by atoms with Gasteiger partial charge in [0.2, 0.25) is 0 Å². The van der Waals surface area contributed by atoms with Gasteiger partial charge in [0.05, 0.1) is 18.9 Å². The van der Waals surface area contributed by atoms with Crippen molar-refractivity contribution in [1.82, 2.24) is 14.7 Å². The Morgan fingerprint density at radius 1 is 1.36 bits per heavy atom. The summed E-state index contributed by atoms with van der Waals surface area (Å²) in [5, 5.41) is 4.47. The van der Waals surface area contributed by atoms with Crippen molar-refractivity contribution in [1.29, 1.82) is 0 Å². The maximum Gasteiger partial charge on any atom is 0.123 e. The Morgan fingerprint density at radius 2 is 2.16 bits per heavy atom. The first-order valence-electron chi connectivity index (χ1n) is 8.82. The van der Waals surface area contributed by atoms with Crippen LogP contribution in [0.2, 0.25) is 0 Å². The Kier molecular flexibility index (Phi) is 5.89. The predicted molar refractivity (Wildman–Crippen MR) is 99.4 cm³/mol. The smallest absolute Gasteiger partial charge is 0.123 e. The standard InChI is InChI=1S/C20H27N3O2/c1-4-23-14-18(16(2)21-23)13-22(15-19-9-7-11-25-19)12-17-8-5-6-10-20(17)24-3/h4-6,8,10,14,19H,1,7,9,11-13,15H2,2-3H3/t19-/m0/s1. The molecule has 0 bridgehead atoms. The summed E-state index contributed by atoms with van der Waals surface area (Å²) >= 11 is 0. The zero-order valence-corrected chi connectivity index (χ0v) is 15.1. The van der Waals surface area contributed by atoms with Gasteiger partial charge >= 0.3 is 0 Å². The Labute approximate surface area is 149 Å². The fourth-order valence-corrected chi connectivity index (χ4v) is 3.34. The molecule has 0 amide bonds. The van der Waals surface area contributed by atoms with Crippen LogP contribution in [0.15, 0.2) is 37.0 Å². The number of benzene rings is 1. The van der Waals surface area contributed by atoms with E-state index >= 15 is 0 Å². The van der Waals surface area contributed by atoms with Crippen molar-refractivity contribution >= 4 is 6.20 Å². The first-order valence-corrected chi connectivity index (χ1v) is 8.82. The van der Waals surface area contributed by atoms with Gasteiger partial charge in [-0.15, -0.1) is 0 Å². The van der Waals surface area contributed by atoms with Crippen LogP contribution >= 0.6 is 0 Å². The molecule has 1 atom stereocenters. The predicted octanol–water partition coefficient (Wildman–Crippen LogP) is 3.48. The third kappa shape index (κ3) is 4.50. The monoisotopic (exact) mass is 341 g/mol. The molecule has 2 aromatic rings. The molecule has 2 heterocycles. The SMILES string of the molecule is C=Cn1cc(CN(Cc2ccccc2OC)C[C@@H]2CCCO2)c(C)n1. The van der Waals surface area contributed by atoms with Crippen molar-refractivity contribution in [3.8, 4) is 5.75 Å². The molecule has 1 aromatic carbocycles. The van der Waals surface area contributed by atoms with E-state index in [4.69, 9.17) is 9.47 Å². The summed E-state index contributed by atoms with van der Waals surface area (Å²) in [6, 6.07) is 8.20. The molecule has 1 aliphatic heterocycles. The van der Waals surface area contributed by atoms with Gasteiger partial charge in [0, 0.05) is 49.8 Å². The average Bonchev–Trinajstić information content (AvgIpc) is 3.25. The molecule has 1 aliphatic rings. The van der Waals surface area contributed by atoms with Crippen LogP contribution in [-0.2, 0) is 17.8 Å². The summed E-state index contributed by atoms with van der Waals surface area (Å²) in [5.41, 5.74) is 3.45. The molecule has 3 rings (SSSR count). The van der Waals surface area contributed by atoms with Gasteiger partial charge in [-0.25, -0.2) is 4.68 Å². The van der Waals surface area contributed by atoms with E-state index in [9.17, 15) is 0 Å². The lowest BCUT2D eigenvalue weighted by Gasteiger charge is -2.26. The van der Waals surface area contributed by atoms with Gasteiger partial charge in [0.1, 0.15) is 5.75 Å². The highest BCUT2D eigenvalue weighted by Crippen LogP contribution is 2.23. The second-order valence-electron chi connectivity index (χ2n) is 6.52. The second-order valence-corrected chi connectivity index (χ2v) is 6.52. The fourth-order valence-electron chi connectivity index (χ4n) is 3.34. The Morgan fingerprint density at radius 3 is 2.84 bits per heavy atom. The minimum atomic E-state index is 0.310. The van der Waals surface area contributed by atoms with Crippen molar-refractivity contribution in [2.24, 2.45) is 0 Å². The number of nitrogens with zero attached hydrogens (tertiary/aromatic N) is 3. The first-order chi connectivity index (χ1) is 12.2. The summed E-state index contributed by atoms with van der Waals surface area (Å²) in [7, 11) is 1.72. The van der Waals surface area contributed by atoms with Gasteiger partial charge < -0.3 is 9.47 Å². The highest BCUT2D eigenvalue weighted by molar-refractivity contribution is 5.33. The van der Waals surface area contributed by atoms with E-state index in [1.165, 1.54) is 11.1 Å². The maximum atomic E-state index is 5.86. The molecule has 1 aromatic heterocycles. The van der Waals surface area contributed by atoms with Crippen molar-refractivity contribution < 1.29 is 9.47 Å². The normalized spacial score (nSPS) is 17.2. The summed E-state index contributed by atoms with van der Waals surface area (Å²) in [6.45, 7) is 9.27. The summed E-state index contributed by atoms with van der Waals surface area (Å²) in [6.07, 6.45) is 6.37. The first kappa shape index (κ1) is 17.7. The minimum absolute atomic E-state index is 0.310. The number of ether oxygens (including phenoxy) is 2. The van der Waals surface area contributed by atoms with E-state index in [-0.39, 0.29) is 0 Å². The lowest BCUT2D eigenvalue weighted by atomic mass is 10.1. The van der Waals surface area contributed by atoms with Crippen LogP contribution in [0.5, 0.6) is 5.75 Å². The second kappa shape index (κ2) is 8.32. The van der Waals surface area contributed by atoms with E-state index < -0.39 is 0 Å². The number of hydrogen-bond acceptors (Lipinski definition) is 4. The van der Waals surface area contributed by atoms with Crippen molar-refractivity contribution in [2.45, 2.75) is 39.0 Å². The van der Waals surface area contributed by atoms with E-state index in [0.29, 0.717) is 6.10 Å². The molecular formula is C20H27N3O2. The molecule has 5 heteroatoms. The molecule has 0 radical (unpaired) electrons. The third-order valence-corrected chi connectivity index (χ3v) is 4.67. The zero-order chi connectivity index (χ0) is 17.6. The quantitative estimate of drug-likeness (QED) is 0.737. The molecule has 1 saturated heterocycles. The summed E-state index contributed by atoms with van der Waals surface area (Å²) in [4.78, 5) is 2.42. The Balaban J connectivity index is 1.78. The summed E-state index contributed by atoms with van der Waals surface area (Å²) < 4.78 is 13.2. The molecule has 0 spiro atoms. The number of rotatable bonds is 8. The third-order valence-electron chi connectivity index (χ3n) is 4.67. The lowest BCUT2D eigenvalue weighted by molar-refractivity contribution is 0.0675. The van der Waals surface area contributed by atoms with Gasteiger partial charge in [-0.05, 0) is 25.8 Å². The summed E-state index contributed by atoms with van der Waals surface area (Å²) in [5.74, 6) is 0.929. The number of aromatic nitrogens is 2. The van der Waals surface area contributed by atoms with E-state index in [1.807, 2.05) is 25.3 Å².